The molecule has 12 nitrogen and oxygen atoms in total. The minimum absolute atomic E-state index is 0.0869. The molecule has 5 unspecified atom stereocenters. The molecule has 0 aliphatic heterocycles. The number of carboxylic acids is 1. The molecule has 0 fully saturated rings. The van der Waals surface area contributed by atoms with E-state index in [4.69, 9.17) is 11.5 Å². The minimum atomic E-state index is -1.19. The quantitative estimate of drug-likeness (QED) is 0.137. The van der Waals surface area contributed by atoms with Gasteiger partial charge in [0.2, 0.25) is 17.7 Å². The van der Waals surface area contributed by atoms with Crippen LogP contribution in [0.15, 0.2) is 42.9 Å². The molecular weight excluding hydrogens is 502 g/mol. The van der Waals surface area contributed by atoms with Gasteiger partial charge in [0.1, 0.15) is 18.1 Å². The third kappa shape index (κ3) is 10.5. The number of carboxylic acid groups (broad SMARTS) is 1. The van der Waals surface area contributed by atoms with Gasteiger partial charge in [0.15, 0.2) is 0 Å². The molecule has 0 aliphatic rings. The number of H-pyrrole nitrogens is 1. The van der Waals surface area contributed by atoms with Crippen molar-refractivity contribution in [2.24, 2.45) is 17.4 Å². The van der Waals surface area contributed by atoms with Crippen molar-refractivity contribution in [2.45, 2.75) is 76.5 Å². The molecule has 12 heteroatoms. The zero-order chi connectivity index (χ0) is 28.8. The third-order valence-electron chi connectivity index (χ3n) is 6.61. The van der Waals surface area contributed by atoms with Gasteiger partial charge >= 0.3 is 5.97 Å². The maximum Gasteiger partial charge on any atom is 0.326 e. The number of carbonyl (C=O) groups is 4. The first-order valence-electron chi connectivity index (χ1n) is 13.3. The molecule has 0 bridgehead atoms. The summed E-state index contributed by atoms with van der Waals surface area (Å²) in [6, 6.07) is 4.87. The van der Waals surface area contributed by atoms with Crippen molar-refractivity contribution in [3.63, 3.8) is 0 Å². The molecule has 214 valence electrons. The Balaban J connectivity index is 2.17. The van der Waals surface area contributed by atoms with Gasteiger partial charge in [-0.3, -0.25) is 14.4 Å². The number of aromatic nitrogens is 2. The molecule has 2 aromatic rings. The van der Waals surface area contributed by atoms with Crippen LogP contribution in [0.4, 0.5) is 0 Å². The summed E-state index contributed by atoms with van der Waals surface area (Å²) in [6.45, 7) is 4.14. The van der Waals surface area contributed by atoms with Crippen molar-refractivity contribution in [1.29, 1.82) is 0 Å². The van der Waals surface area contributed by atoms with Crippen LogP contribution in [-0.4, -0.2) is 69.5 Å². The number of hydrogen-bond acceptors (Lipinski definition) is 7. The van der Waals surface area contributed by atoms with Crippen LogP contribution >= 0.6 is 0 Å². The Morgan fingerprint density at radius 2 is 1.67 bits per heavy atom. The molecular formula is C27H41N7O5. The lowest BCUT2D eigenvalue weighted by molar-refractivity contribution is -0.142. The predicted molar refractivity (Wildman–Crippen MR) is 146 cm³/mol. The van der Waals surface area contributed by atoms with Crippen molar-refractivity contribution in [2.75, 3.05) is 6.54 Å². The summed E-state index contributed by atoms with van der Waals surface area (Å²) in [4.78, 5) is 58.2. The summed E-state index contributed by atoms with van der Waals surface area (Å²) in [5.41, 5.74) is 12.9. The number of benzene rings is 1. The van der Waals surface area contributed by atoms with Crippen molar-refractivity contribution in [1.82, 2.24) is 25.9 Å². The molecule has 0 spiro atoms. The number of unbranched alkanes of at least 4 members (excludes halogenated alkanes) is 1. The van der Waals surface area contributed by atoms with Gasteiger partial charge in [-0.1, -0.05) is 57.0 Å². The maximum atomic E-state index is 13.4. The Kier molecular flexibility index (Phi) is 13.1. The number of amides is 3. The summed E-state index contributed by atoms with van der Waals surface area (Å²) in [5.74, 6) is -3.21. The number of aliphatic carboxylic acids is 1. The number of imidazole rings is 1. The minimum Gasteiger partial charge on any atom is -0.480 e. The van der Waals surface area contributed by atoms with Gasteiger partial charge in [-0.15, -0.1) is 0 Å². The number of nitrogens with two attached hydrogens (primary N) is 2. The second kappa shape index (κ2) is 16.2. The molecule has 1 aromatic heterocycles. The zero-order valence-electron chi connectivity index (χ0n) is 22.6. The molecule has 0 radical (unpaired) electrons. The second-order valence-electron chi connectivity index (χ2n) is 9.69. The smallest absolute Gasteiger partial charge is 0.326 e. The van der Waals surface area contributed by atoms with Gasteiger partial charge in [-0.2, -0.15) is 0 Å². The van der Waals surface area contributed by atoms with Crippen molar-refractivity contribution in [3.05, 3.63) is 54.1 Å². The number of nitrogens with zero attached hydrogens (tertiary/aromatic N) is 1. The Morgan fingerprint density at radius 1 is 0.974 bits per heavy atom. The zero-order valence-corrected chi connectivity index (χ0v) is 22.6. The predicted octanol–water partition coefficient (Wildman–Crippen LogP) is 0.236. The van der Waals surface area contributed by atoms with Gasteiger partial charge in [0.05, 0.1) is 12.4 Å². The molecule has 39 heavy (non-hydrogen) atoms. The number of nitrogens with one attached hydrogen (secondary N) is 4. The molecule has 1 heterocycles. The van der Waals surface area contributed by atoms with Gasteiger partial charge in [-0.25, -0.2) is 9.78 Å². The van der Waals surface area contributed by atoms with Gasteiger partial charge < -0.3 is 37.5 Å². The van der Waals surface area contributed by atoms with Crippen molar-refractivity contribution < 1.29 is 24.3 Å². The largest absolute Gasteiger partial charge is 0.480 e. The highest BCUT2D eigenvalue weighted by atomic mass is 16.4. The maximum absolute atomic E-state index is 13.4. The molecule has 0 saturated carbocycles. The van der Waals surface area contributed by atoms with E-state index in [9.17, 15) is 24.3 Å². The van der Waals surface area contributed by atoms with E-state index >= 15 is 0 Å². The fraction of sp³-hybridized carbons (Fsp3) is 0.519. The van der Waals surface area contributed by atoms with Crippen LogP contribution in [0.2, 0.25) is 0 Å². The van der Waals surface area contributed by atoms with Crippen LogP contribution in [0.3, 0.4) is 0 Å². The standard InChI is InChI=1S/C27H41N7O5/c1-3-17(2)23(26(37)33-22(27(38)39)13-18-9-5-4-6-10-18)34-25(36)21(14-19-15-30-16-31-19)32-24(35)20(29)11-7-8-12-28/h4-6,9-10,15-17,20-23H,3,7-8,11-14,28-29H2,1-2H3,(H,30,31)(H,32,35)(H,33,37)(H,34,36)(H,38,39). The monoisotopic (exact) mass is 543 g/mol. The number of carbonyl (C=O) groups excluding carboxylic acids is 3. The van der Waals surface area contributed by atoms with Crippen LogP contribution in [0.1, 0.15) is 50.8 Å². The average Bonchev–Trinajstić information content (AvgIpc) is 3.44. The average molecular weight is 544 g/mol. The lowest BCUT2D eigenvalue weighted by Gasteiger charge is -2.28. The summed E-state index contributed by atoms with van der Waals surface area (Å²) >= 11 is 0. The molecule has 9 N–H and O–H groups in total. The highest BCUT2D eigenvalue weighted by Gasteiger charge is 2.33. The molecule has 5 atom stereocenters. The summed E-state index contributed by atoms with van der Waals surface area (Å²) in [5, 5.41) is 17.7. The van der Waals surface area contributed by atoms with Crippen molar-refractivity contribution >= 4 is 23.7 Å². The molecule has 2 rings (SSSR count). The Bertz CT molecular complexity index is 1050. The fourth-order valence-electron chi connectivity index (χ4n) is 4.01. The van der Waals surface area contributed by atoms with E-state index < -0.39 is 47.9 Å². The topological polar surface area (TPSA) is 205 Å². The molecule has 3 amide bonds. The van der Waals surface area contributed by atoms with Gasteiger partial charge in [-0.05, 0) is 30.9 Å². The van der Waals surface area contributed by atoms with Gasteiger partial charge in [0, 0.05) is 24.7 Å². The van der Waals surface area contributed by atoms with Crippen LogP contribution in [0, 0.1) is 5.92 Å². The summed E-state index contributed by atoms with van der Waals surface area (Å²) < 4.78 is 0. The fourth-order valence-corrected chi connectivity index (χ4v) is 4.01. The highest BCUT2D eigenvalue weighted by molar-refractivity contribution is 5.94. The van der Waals surface area contributed by atoms with Crippen molar-refractivity contribution in [3.8, 4) is 0 Å². The molecule has 0 aliphatic carbocycles. The Hall–Kier alpha value is -3.77. The number of aromatic amines is 1. The van der Waals surface area contributed by atoms with Crippen LogP contribution in [0.5, 0.6) is 0 Å². The van der Waals surface area contributed by atoms with Crippen LogP contribution in [0.25, 0.3) is 0 Å². The lowest BCUT2D eigenvalue weighted by atomic mass is 9.96. The van der Waals surface area contributed by atoms with E-state index in [1.54, 1.807) is 31.2 Å². The van der Waals surface area contributed by atoms with E-state index in [1.807, 2.05) is 13.0 Å². The normalized spacial score (nSPS) is 14.9. The lowest BCUT2D eigenvalue weighted by Crippen LogP contribution is -2.59. The third-order valence-corrected chi connectivity index (χ3v) is 6.61. The van der Waals surface area contributed by atoms with E-state index in [2.05, 4.69) is 25.9 Å². The summed E-state index contributed by atoms with van der Waals surface area (Å²) in [6.07, 6.45) is 5.53. The molecule has 1 aromatic carbocycles. The first-order valence-corrected chi connectivity index (χ1v) is 13.3. The second-order valence-corrected chi connectivity index (χ2v) is 9.69. The van der Waals surface area contributed by atoms with Crippen LogP contribution < -0.4 is 27.4 Å². The molecule has 0 saturated heterocycles. The van der Waals surface area contributed by atoms with E-state index in [1.165, 1.54) is 12.5 Å². The summed E-state index contributed by atoms with van der Waals surface area (Å²) in [7, 11) is 0. The van der Waals surface area contributed by atoms with E-state index in [0.717, 1.165) is 12.0 Å². The highest BCUT2D eigenvalue weighted by Crippen LogP contribution is 2.11. The Labute approximate surface area is 228 Å². The number of rotatable bonds is 17. The van der Waals surface area contributed by atoms with E-state index in [-0.39, 0.29) is 18.8 Å². The van der Waals surface area contributed by atoms with Crippen LogP contribution in [-0.2, 0) is 32.0 Å². The van der Waals surface area contributed by atoms with E-state index in [0.29, 0.717) is 31.5 Å². The first-order chi connectivity index (χ1) is 18.7. The first kappa shape index (κ1) is 31.4. The number of hydrogen-bond donors (Lipinski definition) is 7. The Morgan fingerprint density at radius 3 is 2.26 bits per heavy atom. The van der Waals surface area contributed by atoms with Gasteiger partial charge in [0.25, 0.3) is 0 Å². The SMILES string of the molecule is CCC(C)C(NC(=O)C(Cc1cnc[nH]1)NC(=O)C(N)CCCCN)C(=O)NC(Cc1ccccc1)C(=O)O.